The van der Waals surface area contributed by atoms with Gasteiger partial charge in [-0.3, -0.25) is 9.59 Å². The molecule has 2 aliphatic rings. The average Bonchev–Trinajstić information content (AvgIpc) is 2.93. The summed E-state index contributed by atoms with van der Waals surface area (Å²) in [6.07, 6.45) is 1.62. The Labute approximate surface area is 140 Å². The van der Waals surface area contributed by atoms with Gasteiger partial charge in [0.25, 0.3) is 5.91 Å². The normalized spacial score (nSPS) is 23.0. The van der Waals surface area contributed by atoms with Gasteiger partial charge >= 0.3 is 0 Å². The number of carbonyl (C=O) groups is 2. The predicted octanol–water partition coefficient (Wildman–Crippen LogP) is 1.95. The number of nitrogens with zero attached hydrogens (tertiary/aromatic N) is 1. The van der Waals surface area contributed by atoms with Crippen molar-refractivity contribution in [3.05, 3.63) is 34.9 Å². The standard InChI is InChI=1S/C17H21ClN2O3/c1-19-15(21)14-10-20(11-17(14)5-7-23-8-6-17)16(22)12-3-2-4-13(18)9-12/h2-4,9,14H,5-8,10-11H2,1H3,(H,19,21). The maximum atomic E-state index is 12.8. The molecule has 1 spiro atoms. The zero-order valence-corrected chi connectivity index (χ0v) is 13.9. The summed E-state index contributed by atoms with van der Waals surface area (Å²) in [6.45, 7) is 2.34. The lowest BCUT2D eigenvalue weighted by Crippen LogP contribution is -2.43. The molecular formula is C17H21ClN2O3. The van der Waals surface area contributed by atoms with Crippen LogP contribution in [0.1, 0.15) is 23.2 Å². The molecule has 1 unspecified atom stereocenters. The topological polar surface area (TPSA) is 58.6 Å². The van der Waals surface area contributed by atoms with Crippen molar-refractivity contribution in [1.29, 1.82) is 0 Å². The highest BCUT2D eigenvalue weighted by molar-refractivity contribution is 6.30. The van der Waals surface area contributed by atoms with Crippen LogP contribution in [-0.2, 0) is 9.53 Å². The first kappa shape index (κ1) is 16.3. The third-order valence-corrected chi connectivity index (χ3v) is 5.29. The lowest BCUT2D eigenvalue weighted by atomic mass is 9.72. The highest BCUT2D eigenvalue weighted by Gasteiger charge is 2.51. The minimum atomic E-state index is -0.181. The van der Waals surface area contributed by atoms with Gasteiger partial charge in [-0.2, -0.15) is 0 Å². The summed E-state index contributed by atoms with van der Waals surface area (Å²) in [4.78, 5) is 26.9. The fourth-order valence-corrected chi connectivity index (χ4v) is 3.94. The smallest absolute Gasteiger partial charge is 0.253 e. The fraction of sp³-hybridized carbons (Fsp3) is 0.529. The van der Waals surface area contributed by atoms with E-state index in [1.807, 2.05) is 0 Å². The molecule has 124 valence electrons. The number of hydrogen-bond donors (Lipinski definition) is 1. The first-order chi connectivity index (χ1) is 11.1. The minimum Gasteiger partial charge on any atom is -0.381 e. The number of carbonyl (C=O) groups excluding carboxylic acids is 2. The Bertz CT molecular complexity index is 614. The Morgan fingerprint density at radius 1 is 1.35 bits per heavy atom. The Morgan fingerprint density at radius 3 is 2.74 bits per heavy atom. The summed E-state index contributed by atoms with van der Waals surface area (Å²) in [5.74, 6) is -0.238. The lowest BCUT2D eigenvalue weighted by molar-refractivity contribution is -0.129. The van der Waals surface area contributed by atoms with Crippen LogP contribution in [0, 0.1) is 11.3 Å². The molecular weight excluding hydrogens is 316 g/mol. The van der Waals surface area contributed by atoms with Crippen molar-refractivity contribution in [2.75, 3.05) is 33.4 Å². The Hall–Kier alpha value is -1.59. The first-order valence-electron chi connectivity index (χ1n) is 7.90. The van der Waals surface area contributed by atoms with E-state index in [4.69, 9.17) is 16.3 Å². The second-order valence-electron chi connectivity index (χ2n) is 6.34. The lowest BCUT2D eigenvalue weighted by Gasteiger charge is -2.36. The summed E-state index contributed by atoms with van der Waals surface area (Å²) in [6, 6.07) is 6.95. The van der Waals surface area contributed by atoms with Crippen molar-refractivity contribution < 1.29 is 14.3 Å². The Kier molecular flexibility index (Phi) is 4.60. The second kappa shape index (κ2) is 6.49. The van der Waals surface area contributed by atoms with E-state index in [1.54, 1.807) is 36.2 Å². The van der Waals surface area contributed by atoms with Crippen LogP contribution >= 0.6 is 11.6 Å². The van der Waals surface area contributed by atoms with Gasteiger partial charge in [0.05, 0.1) is 5.92 Å². The number of benzene rings is 1. The zero-order valence-electron chi connectivity index (χ0n) is 13.2. The van der Waals surface area contributed by atoms with Crippen LogP contribution < -0.4 is 5.32 Å². The van der Waals surface area contributed by atoms with E-state index in [0.29, 0.717) is 36.9 Å². The third kappa shape index (κ3) is 3.08. The predicted molar refractivity (Wildman–Crippen MR) is 87.4 cm³/mol. The van der Waals surface area contributed by atoms with Gasteiger partial charge in [-0.05, 0) is 31.0 Å². The van der Waals surface area contributed by atoms with Gasteiger partial charge in [0, 0.05) is 49.4 Å². The SMILES string of the molecule is CNC(=O)C1CN(C(=O)c2cccc(Cl)c2)CC12CCOCC2. The molecule has 6 heteroatoms. The van der Waals surface area contributed by atoms with Crippen LogP contribution in [-0.4, -0.2) is 50.1 Å². The monoisotopic (exact) mass is 336 g/mol. The number of halogens is 1. The third-order valence-electron chi connectivity index (χ3n) is 5.06. The van der Waals surface area contributed by atoms with Gasteiger partial charge in [0.15, 0.2) is 0 Å². The molecule has 2 heterocycles. The first-order valence-corrected chi connectivity index (χ1v) is 8.28. The van der Waals surface area contributed by atoms with Crippen molar-refractivity contribution in [1.82, 2.24) is 10.2 Å². The summed E-state index contributed by atoms with van der Waals surface area (Å²) in [7, 11) is 1.65. The van der Waals surface area contributed by atoms with Crippen LogP contribution in [0.3, 0.4) is 0 Å². The molecule has 0 aromatic heterocycles. The molecule has 5 nitrogen and oxygen atoms in total. The van der Waals surface area contributed by atoms with E-state index in [1.165, 1.54) is 0 Å². The van der Waals surface area contributed by atoms with Gasteiger partial charge in [-0.1, -0.05) is 17.7 Å². The highest BCUT2D eigenvalue weighted by Crippen LogP contribution is 2.44. The summed E-state index contributed by atoms with van der Waals surface area (Å²) < 4.78 is 5.46. The molecule has 0 saturated carbocycles. The van der Waals surface area contributed by atoms with Gasteiger partial charge in [0.2, 0.25) is 5.91 Å². The highest BCUT2D eigenvalue weighted by atomic mass is 35.5. The molecule has 1 aromatic rings. The van der Waals surface area contributed by atoms with Gasteiger partial charge < -0.3 is 15.0 Å². The summed E-state index contributed by atoms with van der Waals surface area (Å²) in [5.41, 5.74) is 0.393. The van der Waals surface area contributed by atoms with Crippen molar-refractivity contribution >= 4 is 23.4 Å². The van der Waals surface area contributed by atoms with Crippen molar-refractivity contribution in [2.45, 2.75) is 12.8 Å². The molecule has 2 saturated heterocycles. The van der Waals surface area contributed by atoms with Crippen LogP contribution in [0.15, 0.2) is 24.3 Å². The zero-order chi connectivity index (χ0) is 16.4. The van der Waals surface area contributed by atoms with Gasteiger partial charge in [-0.25, -0.2) is 0 Å². The maximum Gasteiger partial charge on any atom is 0.253 e. The molecule has 1 atom stereocenters. The molecule has 2 fully saturated rings. The molecule has 0 aliphatic carbocycles. The van der Waals surface area contributed by atoms with Crippen molar-refractivity contribution in [2.24, 2.45) is 11.3 Å². The molecule has 1 N–H and O–H groups in total. The van der Waals surface area contributed by atoms with Crippen LogP contribution in [0.2, 0.25) is 5.02 Å². The van der Waals surface area contributed by atoms with E-state index in [-0.39, 0.29) is 23.1 Å². The number of hydrogen-bond acceptors (Lipinski definition) is 3. The molecule has 0 bridgehead atoms. The summed E-state index contributed by atoms with van der Waals surface area (Å²) in [5, 5.41) is 3.29. The molecule has 2 amide bonds. The molecule has 1 aromatic carbocycles. The Morgan fingerprint density at radius 2 is 2.09 bits per heavy atom. The van der Waals surface area contributed by atoms with Crippen molar-refractivity contribution in [3.8, 4) is 0 Å². The maximum absolute atomic E-state index is 12.8. The van der Waals surface area contributed by atoms with E-state index < -0.39 is 0 Å². The van der Waals surface area contributed by atoms with E-state index >= 15 is 0 Å². The molecule has 3 rings (SSSR count). The van der Waals surface area contributed by atoms with E-state index in [2.05, 4.69) is 5.32 Å². The number of amides is 2. The minimum absolute atomic E-state index is 0.00768. The van der Waals surface area contributed by atoms with Crippen LogP contribution in [0.5, 0.6) is 0 Å². The molecule has 23 heavy (non-hydrogen) atoms. The molecule has 2 aliphatic heterocycles. The average molecular weight is 337 g/mol. The fourth-order valence-electron chi connectivity index (χ4n) is 3.75. The number of likely N-dealkylation sites (tertiary alicyclic amines) is 1. The van der Waals surface area contributed by atoms with Crippen LogP contribution in [0.4, 0.5) is 0 Å². The number of rotatable bonds is 2. The van der Waals surface area contributed by atoms with E-state index in [9.17, 15) is 9.59 Å². The summed E-state index contributed by atoms with van der Waals surface area (Å²) >= 11 is 5.99. The second-order valence-corrected chi connectivity index (χ2v) is 6.77. The van der Waals surface area contributed by atoms with E-state index in [0.717, 1.165) is 12.8 Å². The van der Waals surface area contributed by atoms with Gasteiger partial charge in [-0.15, -0.1) is 0 Å². The largest absolute Gasteiger partial charge is 0.381 e. The van der Waals surface area contributed by atoms with Crippen LogP contribution in [0.25, 0.3) is 0 Å². The van der Waals surface area contributed by atoms with Gasteiger partial charge in [0.1, 0.15) is 0 Å². The Balaban J connectivity index is 1.84. The van der Waals surface area contributed by atoms with Crippen molar-refractivity contribution in [3.63, 3.8) is 0 Å². The number of ether oxygens (including phenoxy) is 1. The molecule has 0 radical (unpaired) electrons. The quantitative estimate of drug-likeness (QED) is 0.898. The number of nitrogens with one attached hydrogen (secondary N) is 1.